The Kier molecular flexibility index (Phi) is 5.71. The first-order chi connectivity index (χ1) is 12.1. The topological polar surface area (TPSA) is 50.4 Å². The first-order valence-corrected chi connectivity index (χ1v) is 9.77. The van der Waals surface area contributed by atoms with Crippen molar-refractivity contribution in [1.29, 1.82) is 0 Å². The predicted molar refractivity (Wildman–Crippen MR) is 108 cm³/mol. The van der Waals surface area contributed by atoms with E-state index in [2.05, 4.69) is 10.6 Å². The van der Waals surface area contributed by atoms with Crippen molar-refractivity contribution in [1.82, 2.24) is 0 Å². The Bertz CT molecular complexity index is 781. The molecule has 0 atom stereocenters. The molecule has 0 saturated carbocycles. The average molecular weight is 375 g/mol. The van der Waals surface area contributed by atoms with Crippen molar-refractivity contribution in [3.8, 4) is 0 Å². The van der Waals surface area contributed by atoms with E-state index in [1.54, 1.807) is 11.3 Å². The van der Waals surface area contributed by atoms with Gasteiger partial charge in [0.15, 0.2) is 5.11 Å². The van der Waals surface area contributed by atoms with E-state index in [0.29, 0.717) is 17.3 Å². The second kappa shape index (κ2) is 7.97. The fourth-order valence-electron chi connectivity index (χ4n) is 2.98. The molecule has 1 aliphatic rings. The van der Waals surface area contributed by atoms with Gasteiger partial charge in [-0.2, -0.15) is 0 Å². The van der Waals surface area contributed by atoms with E-state index >= 15 is 0 Å². The number of fused-ring (bicyclic) bond motifs is 1. The van der Waals surface area contributed by atoms with Crippen molar-refractivity contribution in [3.63, 3.8) is 0 Å². The van der Waals surface area contributed by atoms with Gasteiger partial charge in [-0.15, -0.1) is 11.3 Å². The molecule has 0 fully saturated rings. The Hall–Kier alpha value is -1.92. The molecule has 132 valence electrons. The molecule has 1 aliphatic carbocycles. The number of ether oxygens (including phenoxy) is 1. The third kappa shape index (κ3) is 4.19. The summed E-state index contributed by atoms with van der Waals surface area (Å²) >= 11 is 7.05. The van der Waals surface area contributed by atoms with Crippen molar-refractivity contribution in [3.05, 3.63) is 45.8 Å². The molecule has 4 nitrogen and oxygen atoms in total. The molecule has 0 bridgehead atoms. The smallest absolute Gasteiger partial charge is 0.341 e. The summed E-state index contributed by atoms with van der Waals surface area (Å²) in [5.41, 5.74) is 3.91. The number of carbonyl (C=O) groups is 1. The van der Waals surface area contributed by atoms with Crippen LogP contribution >= 0.6 is 23.6 Å². The lowest BCUT2D eigenvalue weighted by atomic mass is 9.95. The predicted octanol–water partition coefficient (Wildman–Crippen LogP) is 4.92. The van der Waals surface area contributed by atoms with E-state index in [4.69, 9.17) is 17.0 Å². The number of carbonyl (C=O) groups excluding carboxylic acids is 1. The van der Waals surface area contributed by atoms with Crippen LogP contribution in [0.4, 0.5) is 10.7 Å². The van der Waals surface area contributed by atoms with Gasteiger partial charge in [-0.25, -0.2) is 4.79 Å². The first kappa shape index (κ1) is 17.9. The number of nitrogens with one attached hydrogen (secondary N) is 2. The van der Waals surface area contributed by atoms with Gasteiger partial charge in [0.25, 0.3) is 0 Å². The molecule has 0 radical (unpaired) electrons. The Morgan fingerprint density at radius 1 is 1.20 bits per heavy atom. The summed E-state index contributed by atoms with van der Waals surface area (Å²) in [7, 11) is 0. The Balaban J connectivity index is 1.81. The van der Waals surface area contributed by atoms with Crippen LogP contribution in [0.1, 0.15) is 46.1 Å². The minimum atomic E-state index is -0.262. The molecule has 2 N–H and O–H groups in total. The molecule has 0 spiro atoms. The number of thiocarbonyl (C=S) groups is 1. The number of thiophene rings is 1. The Morgan fingerprint density at radius 2 is 1.92 bits per heavy atom. The van der Waals surface area contributed by atoms with Gasteiger partial charge in [0.1, 0.15) is 5.00 Å². The molecule has 1 aromatic carbocycles. The van der Waals surface area contributed by atoms with Crippen molar-refractivity contribution < 1.29 is 9.53 Å². The van der Waals surface area contributed by atoms with Gasteiger partial charge in [0, 0.05) is 10.6 Å². The van der Waals surface area contributed by atoms with Crippen molar-refractivity contribution in [2.24, 2.45) is 0 Å². The van der Waals surface area contributed by atoms with Gasteiger partial charge in [0.2, 0.25) is 0 Å². The molecule has 0 amide bonds. The molecule has 6 heteroatoms. The van der Waals surface area contributed by atoms with Crippen molar-refractivity contribution in [2.75, 3.05) is 17.2 Å². The largest absolute Gasteiger partial charge is 0.462 e. The number of hydrogen-bond donors (Lipinski definition) is 2. The third-order valence-electron chi connectivity index (χ3n) is 4.19. The highest BCUT2D eigenvalue weighted by Crippen LogP contribution is 2.38. The number of anilines is 2. The molecule has 2 aromatic rings. The molecule has 25 heavy (non-hydrogen) atoms. The molecular weight excluding hydrogens is 352 g/mol. The van der Waals surface area contributed by atoms with Crippen LogP contribution in [0.15, 0.2) is 24.3 Å². The number of hydrogen-bond acceptors (Lipinski definition) is 4. The first-order valence-electron chi connectivity index (χ1n) is 8.54. The van der Waals surface area contributed by atoms with Gasteiger partial charge in [-0.1, -0.05) is 17.7 Å². The maximum Gasteiger partial charge on any atom is 0.341 e. The van der Waals surface area contributed by atoms with Gasteiger partial charge in [0.05, 0.1) is 12.2 Å². The zero-order chi connectivity index (χ0) is 17.8. The summed E-state index contributed by atoms with van der Waals surface area (Å²) in [6.07, 6.45) is 4.23. The number of benzene rings is 1. The lowest BCUT2D eigenvalue weighted by Crippen LogP contribution is -2.20. The summed E-state index contributed by atoms with van der Waals surface area (Å²) in [6, 6.07) is 8.02. The highest BCUT2D eigenvalue weighted by molar-refractivity contribution is 7.80. The molecule has 0 unspecified atom stereocenters. The summed E-state index contributed by atoms with van der Waals surface area (Å²) in [4.78, 5) is 13.7. The van der Waals surface area contributed by atoms with Crippen LogP contribution in [0.2, 0.25) is 0 Å². The van der Waals surface area contributed by atoms with E-state index in [1.165, 1.54) is 16.9 Å². The van der Waals surface area contributed by atoms with Crippen molar-refractivity contribution in [2.45, 2.75) is 39.5 Å². The highest BCUT2D eigenvalue weighted by Gasteiger charge is 2.26. The quantitative estimate of drug-likeness (QED) is 0.587. The maximum absolute atomic E-state index is 12.5. The molecule has 3 rings (SSSR count). The van der Waals surface area contributed by atoms with Gasteiger partial charge < -0.3 is 15.4 Å². The standard InChI is InChI=1S/C19H22N2O2S2/c1-3-23-18(22)16-14-6-4-5-7-15(14)25-17(16)21-19(24)20-13-10-8-12(2)9-11-13/h8-11H,3-7H2,1-2H3,(H2,20,21,24). The van der Waals surface area contributed by atoms with E-state index in [-0.39, 0.29) is 5.97 Å². The molecule has 1 aromatic heterocycles. The van der Waals surface area contributed by atoms with E-state index < -0.39 is 0 Å². The molecular formula is C19H22N2O2S2. The van der Waals surface area contributed by atoms with Crippen LogP contribution in [0, 0.1) is 6.92 Å². The van der Waals surface area contributed by atoms with E-state index in [9.17, 15) is 4.79 Å². The van der Waals surface area contributed by atoms with Gasteiger partial charge >= 0.3 is 5.97 Å². The number of esters is 1. The number of rotatable bonds is 4. The van der Waals surface area contributed by atoms with Crippen LogP contribution in [-0.2, 0) is 17.6 Å². The lowest BCUT2D eigenvalue weighted by Gasteiger charge is -2.13. The SMILES string of the molecule is CCOC(=O)c1c(NC(=S)Nc2ccc(C)cc2)sc2c1CCCC2. The van der Waals surface area contributed by atoms with E-state index in [1.807, 2.05) is 38.1 Å². The second-order valence-corrected chi connectivity index (χ2v) is 7.59. The summed E-state index contributed by atoms with van der Waals surface area (Å²) in [5, 5.41) is 7.65. The Morgan fingerprint density at radius 3 is 2.64 bits per heavy atom. The van der Waals surface area contributed by atoms with Gasteiger partial charge in [-0.3, -0.25) is 0 Å². The van der Waals surface area contributed by atoms with E-state index in [0.717, 1.165) is 35.5 Å². The molecule has 1 heterocycles. The van der Waals surface area contributed by atoms with Crippen LogP contribution in [0.25, 0.3) is 0 Å². The summed E-state index contributed by atoms with van der Waals surface area (Å²) in [6.45, 7) is 4.24. The summed E-state index contributed by atoms with van der Waals surface area (Å²) in [5.74, 6) is -0.262. The third-order valence-corrected chi connectivity index (χ3v) is 5.60. The number of aryl methyl sites for hydroxylation is 2. The van der Waals surface area contributed by atoms with Crippen molar-refractivity contribution >= 4 is 45.3 Å². The molecule has 0 aliphatic heterocycles. The Labute approximate surface area is 157 Å². The second-order valence-electron chi connectivity index (χ2n) is 6.08. The monoisotopic (exact) mass is 374 g/mol. The average Bonchev–Trinajstić information content (AvgIpc) is 2.95. The summed E-state index contributed by atoms with van der Waals surface area (Å²) < 4.78 is 5.27. The van der Waals surface area contributed by atoms with Crippen LogP contribution < -0.4 is 10.6 Å². The van der Waals surface area contributed by atoms with Gasteiger partial charge in [-0.05, 0) is 69.4 Å². The maximum atomic E-state index is 12.5. The minimum Gasteiger partial charge on any atom is -0.462 e. The van der Waals surface area contributed by atoms with Crippen LogP contribution in [-0.4, -0.2) is 17.7 Å². The highest BCUT2D eigenvalue weighted by atomic mass is 32.1. The minimum absolute atomic E-state index is 0.262. The lowest BCUT2D eigenvalue weighted by molar-refractivity contribution is 0.0526. The molecule has 0 saturated heterocycles. The zero-order valence-corrected chi connectivity index (χ0v) is 16.1. The fraction of sp³-hybridized carbons (Fsp3) is 0.368. The zero-order valence-electron chi connectivity index (χ0n) is 14.5. The van der Waals surface area contributed by atoms with Crippen LogP contribution in [0.3, 0.4) is 0 Å². The normalized spacial score (nSPS) is 13.0. The van der Waals surface area contributed by atoms with Crippen LogP contribution in [0.5, 0.6) is 0 Å². The fourth-order valence-corrected chi connectivity index (χ4v) is 4.54.